The van der Waals surface area contributed by atoms with Crippen molar-refractivity contribution >= 4 is 33.4 Å². The molecular formula is C26H25N3O3S. The smallest absolute Gasteiger partial charge is 0.253 e. The number of amides is 2. The molecule has 33 heavy (non-hydrogen) atoms. The number of piperidine rings is 1. The summed E-state index contributed by atoms with van der Waals surface area (Å²) in [5.74, 6) is 1.11. The number of nitrogens with zero attached hydrogens (tertiary/aromatic N) is 2. The lowest BCUT2D eigenvalue weighted by atomic mass is 9.96. The normalized spacial score (nSPS) is 16.2. The zero-order valence-corrected chi connectivity index (χ0v) is 19.2. The van der Waals surface area contributed by atoms with Crippen LogP contribution in [0, 0.1) is 12.8 Å². The van der Waals surface area contributed by atoms with Crippen LogP contribution in [-0.4, -0.2) is 34.8 Å². The molecule has 1 unspecified atom stereocenters. The second kappa shape index (κ2) is 9.19. The molecule has 7 heteroatoms. The second-order valence-electron chi connectivity index (χ2n) is 8.43. The summed E-state index contributed by atoms with van der Waals surface area (Å²) in [5, 5.41) is 3.80. The van der Waals surface area contributed by atoms with Crippen LogP contribution in [0.5, 0.6) is 0 Å². The van der Waals surface area contributed by atoms with Gasteiger partial charge in [-0.3, -0.25) is 9.59 Å². The summed E-state index contributed by atoms with van der Waals surface area (Å²) in [4.78, 5) is 32.1. The van der Waals surface area contributed by atoms with Crippen molar-refractivity contribution in [2.45, 2.75) is 26.3 Å². The van der Waals surface area contributed by atoms with Gasteiger partial charge in [-0.1, -0.05) is 29.8 Å². The van der Waals surface area contributed by atoms with E-state index >= 15 is 0 Å². The topological polar surface area (TPSA) is 75.4 Å². The number of aromatic nitrogens is 1. The van der Waals surface area contributed by atoms with Gasteiger partial charge in [0, 0.05) is 18.7 Å². The van der Waals surface area contributed by atoms with Crippen molar-refractivity contribution in [3.63, 3.8) is 0 Å². The Bertz CT molecular complexity index is 1260. The first-order valence-corrected chi connectivity index (χ1v) is 12.0. The molecule has 2 amide bonds. The Morgan fingerprint density at radius 3 is 2.76 bits per heavy atom. The van der Waals surface area contributed by atoms with Crippen molar-refractivity contribution < 1.29 is 14.0 Å². The SMILES string of the molecule is Cc1ccc(C(=O)N2CCCC(C(=O)NCc3ccc(-c4nc5ccccc5s4)o3)C2)cc1. The Kier molecular flexibility index (Phi) is 5.96. The van der Waals surface area contributed by atoms with Gasteiger partial charge in [-0.25, -0.2) is 4.98 Å². The van der Waals surface area contributed by atoms with Gasteiger partial charge in [0.05, 0.1) is 22.7 Å². The molecule has 3 heterocycles. The molecule has 0 spiro atoms. The first-order chi connectivity index (χ1) is 16.1. The minimum absolute atomic E-state index is 0.0148. The van der Waals surface area contributed by atoms with Crippen molar-refractivity contribution in [3.05, 3.63) is 77.6 Å². The highest BCUT2D eigenvalue weighted by molar-refractivity contribution is 7.21. The number of likely N-dealkylation sites (tertiary alicyclic amines) is 1. The number of furan rings is 1. The molecule has 1 saturated heterocycles. The number of nitrogens with one attached hydrogen (secondary N) is 1. The molecule has 168 valence electrons. The number of carbonyl (C=O) groups excluding carboxylic acids is 2. The van der Waals surface area contributed by atoms with Crippen LogP contribution < -0.4 is 5.32 Å². The molecule has 1 aliphatic heterocycles. The molecule has 0 radical (unpaired) electrons. The molecule has 1 atom stereocenters. The zero-order chi connectivity index (χ0) is 22.8. The van der Waals surface area contributed by atoms with E-state index in [-0.39, 0.29) is 17.7 Å². The Labute approximate surface area is 196 Å². The van der Waals surface area contributed by atoms with Crippen molar-refractivity contribution in [1.29, 1.82) is 0 Å². The van der Waals surface area contributed by atoms with E-state index in [1.807, 2.05) is 67.6 Å². The van der Waals surface area contributed by atoms with E-state index in [0.717, 1.165) is 33.6 Å². The van der Waals surface area contributed by atoms with Gasteiger partial charge in [-0.05, 0) is 56.2 Å². The summed E-state index contributed by atoms with van der Waals surface area (Å²) in [6.45, 7) is 3.43. The molecule has 2 aromatic heterocycles. The van der Waals surface area contributed by atoms with Crippen LogP contribution in [0.15, 0.2) is 65.1 Å². The van der Waals surface area contributed by atoms with Crippen LogP contribution in [0.1, 0.15) is 34.5 Å². The van der Waals surface area contributed by atoms with Crippen LogP contribution in [0.3, 0.4) is 0 Å². The molecule has 0 bridgehead atoms. The number of thiazole rings is 1. The first-order valence-electron chi connectivity index (χ1n) is 11.1. The molecule has 0 saturated carbocycles. The molecule has 1 aliphatic rings. The molecule has 6 nitrogen and oxygen atoms in total. The number of benzene rings is 2. The summed E-state index contributed by atoms with van der Waals surface area (Å²) >= 11 is 1.58. The number of aryl methyl sites for hydroxylation is 1. The third-order valence-electron chi connectivity index (χ3n) is 5.98. The summed E-state index contributed by atoms with van der Waals surface area (Å²) in [6, 6.07) is 19.3. The molecular weight excluding hydrogens is 434 g/mol. The van der Waals surface area contributed by atoms with Crippen LogP contribution >= 0.6 is 11.3 Å². The maximum atomic E-state index is 12.8. The molecule has 0 aliphatic carbocycles. The van der Waals surface area contributed by atoms with Gasteiger partial charge in [0.15, 0.2) is 10.8 Å². The van der Waals surface area contributed by atoms with E-state index in [1.54, 1.807) is 16.2 Å². The highest BCUT2D eigenvalue weighted by atomic mass is 32.1. The predicted molar refractivity (Wildman–Crippen MR) is 129 cm³/mol. The number of carbonyl (C=O) groups is 2. The van der Waals surface area contributed by atoms with Gasteiger partial charge in [0.2, 0.25) is 5.91 Å². The van der Waals surface area contributed by atoms with Gasteiger partial charge in [-0.15, -0.1) is 11.3 Å². The van der Waals surface area contributed by atoms with Gasteiger partial charge in [0.25, 0.3) is 5.91 Å². The van der Waals surface area contributed by atoms with Gasteiger partial charge in [0.1, 0.15) is 5.76 Å². The summed E-state index contributed by atoms with van der Waals surface area (Å²) in [5.41, 5.74) is 2.73. The van der Waals surface area contributed by atoms with Crippen LogP contribution in [0.4, 0.5) is 0 Å². The third kappa shape index (κ3) is 4.68. The maximum Gasteiger partial charge on any atom is 0.253 e. The lowest BCUT2D eigenvalue weighted by Gasteiger charge is -2.32. The highest BCUT2D eigenvalue weighted by Gasteiger charge is 2.29. The highest BCUT2D eigenvalue weighted by Crippen LogP contribution is 2.31. The van der Waals surface area contributed by atoms with E-state index in [0.29, 0.717) is 36.7 Å². The molecule has 4 aromatic rings. The lowest BCUT2D eigenvalue weighted by Crippen LogP contribution is -2.45. The van der Waals surface area contributed by atoms with Crippen LogP contribution in [-0.2, 0) is 11.3 Å². The molecule has 1 fully saturated rings. The lowest BCUT2D eigenvalue weighted by molar-refractivity contribution is -0.126. The Morgan fingerprint density at radius 2 is 1.94 bits per heavy atom. The third-order valence-corrected chi connectivity index (χ3v) is 7.03. The fourth-order valence-electron chi connectivity index (χ4n) is 4.14. The number of fused-ring (bicyclic) bond motifs is 1. The maximum absolute atomic E-state index is 12.8. The van der Waals surface area contributed by atoms with Gasteiger partial charge >= 0.3 is 0 Å². The zero-order valence-electron chi connectivity index (χ0n) is 18.4. The summed E-state index contributed by atoms with van der Waals surface area (Å²) in [6.07, 6.45) is 1.59. The molecule has 1 N–H and O–H groups in total. The standard InChI is InChI=1S/C26H25N3O3S/c1-17-8-10-18(11-9-17)26(31)29-14-4-5-19(16-29)24(30)27-15-20-12-13-22(32-20)25-28-21-6-2-3-7-23(21)33-25/h2-3,6-13,19H,4-5,14-16H2,1H3,(H,27,30). The largest absolute Gasteiger partial charge is 0.457 e. The fourth-order valence-corrected chi connectivity index (χ4v) is 5.07. The van der Waals surface area contributed by atoms with E-state index in [1.165, 1.54) is 0 Å². The Balaban J connectivity index is 1.18. The Morgan fingerprint density at radius 1 is 1.12 bits per heavy atom. The summed E-state index contributed by atoms with van der Waals surface area (Å²) < 4.78 is 7.04. The van der Waals surface area contributed by atoms with E-state index in [2.05, 4.69) is 10.3 Å². The first kappa shape index (κ1) is 21.4. The number of hydrogen-bond donors (Lipinski definition) is 1. The second-order valence-corrected chi connectivity index (χ2v) is 9.46. The van der Waals surface area contributed by atoms with E-state index in [4.69, 9.17) is 4.42 Å². The van der Waals surface area contributed by atoms with Crippen molar-refractivity contribution in [1.82, 2.24) is 15.2 Å². The number of hydrogen-bond acceptors (Lipinski definition) is 5. The summed E-state index contributed by atoms with van der Waals surface area (Å²) in [7, 11) is 0. The van der Waals surface area contributed by atoms with Crippen molar-refractivity contribution in [2.24, 2.45) is 5.92 Å². The van der Waals surface area contributed by atoms with Gasteiger partial charge in [-0.2, -0.15) is 0 Å². The molecule has 2 aromatic carbocycles. The van der Waals surface area contributed by atoms with Gasteiger partial charge < -0.3 is 14.6 Å². The monoisotopic (exact) mass is 459 g/mol. The van der Waals surface area contributed by atoms with Crippen LogP contribution in [0.25, 0.3) is 21.0 Å². The van der Waals surface area contributed by atoms with Crippen molar-refractivity contribution in [3.8, 4) is 10.8 Å². The average Bonchev–Trinajstić information content (AvgIpc) is 3.49. The van der Waals surface area contributed by atoms with E-state index < -0.39 is 0 Å². The minimum Gasteiger partial charge on any atom is -0.457 e. The fraction of sp³-hybridized carbons (Fsp3) is 0.269. The predicted octanol–water partition coefficient (Wildman–Crippen LogP) is 5.03. The van der Waals surface area contributed by atoms with Crippen molar-refractivity contribution in [2.75, 3.05) is 13.1 Å². The quantitative estimate of drug-likeness (QED) is 0.454. The van der Waals surface area contributed by atoms with Crippen LogP contribution in [0.2, 0.25) is 0 Å². The van der Waals surface area contributed by atoms with E-state index in [9.17, 15) is 9.59 Å². The molecule has 5 rings (SSSR count). The number of para-hydroxylation sites is 1. The Hall–Kier alpha value is -3.45. The minimum atomic E-state index is -0.216. The number of rotatable bonds is 5. The average molecular weight is 460 g/mol.